The summed E-state index contributed by atoms with van der Waals surface area (Å²) in [4.78, 5) is 9.19. The number of hydrogen-bond acceptors (Lipinski definition) is 4. The van der Waals surface area contributed by atoms with E-state index in [2.05, 4.69) is 4.98 Å². The fraction of sp³-hybridized carbons (Fsp3) is 0.120. The molecule has 3 aromatic carbocycles. The number of aliphatic hydroxyl groups excluding tert-OH is 1. The molecule has 0 saturated heterocycles. The molecule has 0 aliphatic rings. The molecule has 1 N–H and O–H groups in total. The largest absolute Gasteiger partial charge is 0.453 e. The van der Waals surface area contributed by atoms with Gasteiger partial charge in [-0.25, -0.2) is 14.4 Å². The summed E-state index contributed by atoms with van der Waals surface area (Å²) < 4.78 is 19.5. The second kappa shape index (κ2) is 9.29. The molecule has 0 aliphatic heterocycles. The first-order valence-corrected chi connectivity index (χ1v) is 9.73. The second-order valence-electron chi connectivity index (χ2n) is 6.93. The van der Waals surface area contributed by atoms with Crippen molar-refractivity contribution in [3.05, 3.63) is 108 Å². The van der Waals surface area contributed by atoms with Crippen LogP contribution < -0.4 is 4.74 Å². The van der Waals surface area contributed by atoms with Crippen molar-refractivity contribution in [2.45, 2.75) is 12.3 Å². The molecule has 150 valence electrons. The lowest BCUT2D eigenvalue weighted by molar-refractivity contribution is 0.259. The van der Waals surface area contributed by atoms with Gasteiger partial charge in [0.05, 0.1) is 12.8 Å². The standard InChI is InChI=1S/C25H21FN2O2/c26-21-13-11-19(12-14-21)24-23(30-22-9-5-2-6-10-22)16-27-25(28-24)20(17-29)15-18-7-3-1-4-8-18/h1-14,16,20,29H,15,17H2/t20-/m0/s1. The Morgan fingerprint density at radius 2 is 1.53 bits per heavy atom. The SMILES string of the molecule is OC[C@H](Cc1ccccc1)c1ncc(Oc2ccccc2)c(-c2ccc(F)cc2)n1. The van der Waals surface area contributed by atoms with E-state index in [-0.39, 0.29) is 18.3 Å². The quantitative estimate of drug-likeness (QED) is 0.452. The average Bonchev–Trinajstić information content (AvgIpc) is 2.80. The van der Waals surface area contributed by atoms with E-state index < -0.39 is 0 Å². The minimum Gasteiger partial charge on any atom is -0.453 e. The number of aromatic nitrogens is 2. The second-order valence-corrected chi connectivity index (χ2v) is 6.93. The Morgan fingerprint density at radius 1 is 0.867 bits per heavy atom. The van der Waals surface area contributed by atoms with Crippen molar-refractivity contribution in [1.82, 2.24) is 9.97 Å². The maximum Gasteiger partial charge on any atom is 0.171 e. The molecule has 30 heavy (non-hydrogen) atoms. The van der Waals surface area contributed by atoms with Gasteiger partial charge >= 0.3 is 0 Å². The van der Waals surface area contributed by atoms with Crippen LogP contribution >= 0.6 is 0 Å². The van der Waals surface area contributed by atoms with Gasteiger partial charge < -0.3 is 9.84 Å². The Kier molecular flexibility index (Phi) is 6.11. The summed E-state index contributed by atoms with van der Waals surface area (Å²) in [6.45, 7) is -0.0867. The van der Waals surface area contributed by atoms with Gasteiger partial charge in [0, 0.05) is 11.5 Å². The van der Waals surface area contributed by atoms with Crippen LogP contribution in [0.15, 0.2) is 91.1 Å². The van der Waals surface area contributed by atoms with Crippen molar-refractivity contribution in [3.63, 3.8) is 0 Å². The van der Waals surface area contributed by atoms with E-state index in [0.29, 0.717) is 35.0 Å². The molecular weight excluding hydrogens is 379 g/mol. The van der Waals surface area contributed by atoms with E-state index in [9.17, 15) is 9.50 Å². The highest BCUT2D eigenvalue weighted by Gasteiger charge is 2.19. The zero-order valence-corrected chi connectivity index (χ0v) is 16.3. The molecule has 0 spiro atoms. The van der Waals surface area contributed by atoms with Crippen LogP contribution in [-0.4, -0.2) is 21.7 Å². The molecule has 0 bridgehead atoms. The Morgan fingerprint density at radius 3 is 2.20 bits per heavy atom. The van der Waals surface area contributed by atoms with Gasteiger partial charge in [0.2, 0.25) is 0 Å². The number of para-hydroxylation sites is 1. The molecule has 1 atom stereocenters. The predicted octanol–water partition coefficient (Wildman–Crippen LogP) is 5.39. The first-order chi connectivity index (χ1) is 14.7. The normalized spacial score (nSPS) is 11.8. The van der Waals surface area contributed by atoms with Crippen molar-refractivity contribution in [2.75, 3.05) is 6.61 Å². The molecule has 0 radical (unpaired) electrons. The van der Waals surface area contributed by atoms with E-state index >= 15 is 0 Å². The molecule has 0 aliphatic carbocycles. The van der Waals surface area contributed by atoms with Crippen molar-refractivity contribution < 1.29 is 14.2 Å². The fourth-order valence-electron chi connectivity index (χ4n) is 3.22. The van der Waals surface area contributed by atoms with Crippen LogP contribution in [0.4, 0.5) is 4.39 Å². The molecule has 0 unspecified atom stereocenters. The van der Waals surface area contributed by atoms with Crippen LogP contribution in [-0.2, 0) is 6.42 Å². The Hall–Kier alpha value is -3.57. The van der Waals surface area contributed by atoms with E-state index in [1.54, 1.807) is 18.3 Å². The number of hydrogen-bond donors (Lipinski definition) is 1. The molecule has 0 saturated carbocycles. The first-order valence-electron chi connectivity index (χ1n) is 9.73. The summed E-state index contributed by atoms with van der Waals surface area (Å²) in [5, 5.41) is 9.98. The minimum atomic E-state index is -0.323. The van der Waals surface area contributed by atoms with Gasteiger partial charge in [-0.05, 0) is 48.4 Å². The fourth-order valence-corrected chi connectivity index (χ4v) is 3.22. The maximum absolute atomic E-state index is 13.5. The average molecular weight is 400 g/mol. The van der Waals surface area contributed by atoms with Gasteiger partial charge in [0.1, 0.15) is 23.1 Å². The summed E-state index contributed by atoms with van der Waals surface area (Å²) in [7, 11) is 0. The third-order valence-electron chi connectivity index (χ3n) is 4.77. The lowest BCUT2D eigenvalue weighted by atomic mass is 9.99. The number of ether oxygens (including phenoxy) is 1. The zero-order valence-electron chi connectivity index (χ0n) is 16.3. The highest BCUT2D eigenvalue weighted by Crippen LogP contribution is 2.33. The predicted molar refractivity (Wildman–Crippen MR) is 114 cm³/mol. The molecule has 5 heteroatoms. The van der Waals surface area contributed by atoms with Crippen LogP contribution in [0.2, 0.25) is 0 Å². The monoisotopic (exact) mass is 400 g/mol. The Balaban J connectivity index is 1.72. The van der Waals surface area contributed by atoms with Gasteiger partial charge in [0.25, 0.3) is 0 Å². The van der Waals surface area contributed by atoms with Crippen LogP contribution in [0.25, 0.3) is 11.3 Å². The minimum absolute atomic E-state index is 0.0867. The number of halogens is 1. The molecule has 0 fully saturated rings. The highest BCUT2D eigenvalue weighted by atomic mass is 19.1. The van der Waals surface area contributed by atoms with Gasteiger partial charge in [-0.15, -0.1) is 0 Å². The van der Waals surface area contributed by atoms with E-state index in [0.717, 1.165) is 5.56 Å². The van der Waals surface area contributed by atoms with Crippen molar-refractivity contribution in [1.29, 1.82) is 0 Å². The van der Waals surface area contributed by atoms with Gasteiger partial charge in [-0.3, -0.25) is 0 Å². The highest BCUT2D eigenvalue weighted by molar-refractivity contribution is 5.66. The molecule has 0 amide bonds. The van der Waals surface area contributed by atoms with Crippen molar-refractivity contribution in [3.8, 4) is 22.8 Å². The van der Waals surface area contributed by atoms with Crippen LogP contribution in [0.3, 0.4) is 0 Å². The lowest BCUT2D eigenvalue weighted by Crippen LogP contribution is -2.12. The van der Waals surface area contributed by atoms with Gasteiger partial charge in [-0.1, -0.05) is 48.5 Å². The molecule has 4 rings (SSSR count). The summed E-state index contributed by atoms with van der Waals surface area (Å²) in [5.41, 5.74) is 2.35. The van der Waals surface area contributed by atoms with E-state index in [1.807, 2.05) is 60.7 Å². The van der Waals surface area contributed by atoms with Gasteiger partial charge in [0.15, 0.2) is 5.75 Å². The Labute approximate surface area is 174 Å². The number of aliphatic hydroxyl groups is 1. The number of benzene rings is 3. The van der Waals surface area contributed by atoms with E-state index in [4.69, 9.17) is 9.72 Å². The van der Waals surface area contributed by atoms with Crippen molar-refractivity contribution >= 4 is 0 Å². The maximum atomic E-state index is 13.5. The summed E-state index contributed by atoms with van der Waals surface area (Å²) >= 11 is 0. The molecule has 1 heterocycles. The topological polar surface area (TPSA) is 55.2 Å². The first kappa shape index (κ1) is 19.7. The van der Waals surface area contributed by atoms with Crippen LogP contribution in [0, 0.1) is 5.82 Å². The lowest BCUT2D eigenvalue weighted by Gasteiger charge is -2.16. The van der Waals surface area contributed by atoms with Crippen LogP contribution in [0.5, 0.6) is 11.5 Å². The molecule has 4 nitrogen and oxygen atoms in total. The van der Waals surface area contributed by atoms with Gasteiger partial charge in [-0.2, -0.15) is 0 Å². The third-order valence-corrected chi connectivity index (χ3v) is 4.77. The number of nitrogens with zero attached hydrogens (tertiary/aromatic N) is 2. The smallest absolute Gasteiger partial charge is 0.171 e. The summed E-state index contributed by atoms with van der Waals surface area (Å²) in [6.07, 6.45) is 2.22. The summed E-state index contributed by atoms with van der Waals surface area (Å²) in [5.74, 6) is 1.04. The number of rotatable bonds is 7. The third kappa shape index (κ3) is 4.70. The van der Waals surface area contributed by atoms with Crippen LogP contribution in [0.1, 0.15) is 17.3 Å². The molecular formula is C25H21FN2O2. The van der Waals surface area contributed by atoms with Crippen molar-refractivity contribution in [2.24, 2.45) is 0 Å². The Bertz CT molecular complexity index is 1090. The zero-order chi connectivity index (χ0) is 20.8. The molecule has 4 aromatic rings. The molecule has 1 aromatic heterocycles. The van der Waals surface area contributed by atoms with E-state index in [1.165, 1.54) is 12.1 Å². The summed E-state index contributed by atoms with van der Waals surface area (Å²) in [6, 6.07) is 25.3.